The summed E-state index contributed by atoms with van der Waals surface area (Å²) in [5.74, 6) is 0.322. The van der Waals surface area contributed by atoms with Crippen molar-refractivity contribution in [3.8, 4) is 0 Å². The summed E-state index contributed by atoms with van der Waals surface area (Å²) in [5.41, 5.74) is 5.17. The van der Waals surface area contributed by atoms with Crippen LogP contribution in [0.4, 0.5) is 5.82 Å². The Labute approximate surface area is 112 Å². The number of hydrogen-bond acceptors (Lipinski definition) is 8. The maximum absolute atomic E-state index is 10.2. The summed E-state index contributed by atoms with van der Waals surface area (Å²) in [6.07, 6.45) is 0.718. The van der Waals surface area contributed by atoms with Gasteiger partial charge in [-0.2, -0.15) is 5.10 Å². The molecule has 2 aliphatic heterocycles. The first-order chi connectivity index (χ1) is 9.66. The summed E-state index contributed by atoms with van der Waals surface area (Å²) in [5, 5.41) is 24.4. The molecule has 2 fully saturated rings. The fourth-order valence-electron chi connectivity index (χ4n) is 2.79. The topological polar surface area (TPSA) is 129 Å². The van der Waals surface area contributed by atoms with E-state index in [2.05, 4.69) is 15.1 Å². The van der Waals surface area contributed by atoms with Gasteiger partial charge < -0.3 is 25.4 Å². The van der Waals surface area contributed by atoms with Crippen LogP contribution in [0.1, 0.15) is 6.23 Å². The molecule has 0 aromatic carbocycles. The lowest BCUT2D eigenvalue weighted by Gasteiger charge is -2.28. The van der Waals surface area contributed by atoms with E-state index in [0.717, 1.165) is 0 Å². The number of fused-ring (bicyclic) bond motifs is 3. The number of nitrogens with two attached hydrogens (primary N) is 1. The van der Waals surface area contributed by atoms with E-state index in [0.29, 0.717) is 16.9 Å². The van der Waals surface area contributed by atoms with E-state index in [1.807, 2.05) is 0 Å². The second kappa shape index (κ2) is 3.85. The van der Waals surface area contributed by atoms with Gasteiger partial charge in [-0.3, -0.25) is 0 Å². The zero-order valence-corrected chi connectivity index (χ0v) is 10.4. The van der Waals surface area contributed by atoms with Crippen LogP contribution in [-0.2, 0) is 9.47 Å². The monoisotopic (exact) mass is 279 g/mol. The van der Waals surface area contributed by atoms with Crippen molar-refractivity contribution in [2.45, 2.75) is 24.0 Å². The van der Waals surface area contributed by atoms with E-state index in [1.165, 1.54) is 17.2 Å². The SMILES string of the molecule is Nc1ncnc2c1cnn2[C@@H]1O[C@@]2(CO)COC1C2O. The van der Waals surface area contributed by atoms with E-state index in [9.17, 15) is 10.2 Å². The number of rotatable bonds is 2. The van der Waals surface area contributed by atoms with Gasteiger partial charge in [-0.15, -0.1) is 0 Å². The first kappa shape index (κ1) is 12.0. The molecule has 9 heteroatoms. The van der Waals surface area contributed by atoms with Gasteiger partial charge in [0.1, 0.15) is 30.0 Å². The molecule has 2 saturated heterocycles. The number of nitrogens with zero attached hydrogens (tertiary/aromatic N) is 4. The third-order valence-electron chi connectivity index (χ3n) is 3.94. The van der Waals surface area contributed by atoms with Gasteiger partial charge >= 0.3 is 0 Å². The van der Waals surface area contributed by atoms with Gasteiger partial charge in [-0.1, -0.05) is 0 Å². The van der Waals surface area contributed by atoms with Gasteiger partial charge in [0.05, 0.1) is 24.8 Å². The Morgan fingerprint density at radius 1 is 1.50 bits per heavy atom. The molecule has 2 bridgehead atoms. The van der Waals surface area contributed by atoms with Gasteiger partial charge in [-0.25, -0.2) is 14.6 Å². The van der Waals surface area contributed by atoms with Gasteiger partial charge in [0.2, 0.25) is 0 Å². The van der Waals surface area contributed by atoms with Crippen LogP contribution < -0.4 is 5.73 Å². The van der Waals surface area contributed by atoms with Crippen molar-refractivity contribution in [2.75, 3.05) is 18.9 Å². The molecule has 4 N–H and O–H groups in total. The van der Waals surface area contributed by atoms with Crippen LogP contribution in [0.25, 0.3) is 11.0 Å². The highest BCUT2D eigenvalue weighted by Crippen LogP contribution is 2.45. The lowest BCUT2D eigenvalue weighted by atomic mass is 10.0. The average molecular weight is 279 g/mol. The number of hydrogen-bond donors (Lipinski definition) is 3. The first-order valence-electron chi connectivity index (χ1n) is 6.18. The van der Waals surface area contributed by atoms with E-state index in [-0.39, 0.29) is 13.2 Å². The normalized spacial score (nSPS) is 36.0. The molecular formula is C11H13N5O4. The van der Waals surface area contributed by atoms with Crippen molar-refractivity contribution in [1.29, 1.82) is 0 Å². The summed E-state index contributed by atoms with van der Waals surface area (Å²) in [7, 11) is 0. The molecule has 4 rings (SSSR count). The molecule has 0 spiro atoms. The Morgan fingerprint density at radius 3 is 3.10 bits per heavy atom. The quantitative estimate of drug-likeness (QED) is 0.601. The Balaban J connectivity index is 1.80. The molecule has 2 unspecified atom stereocenters. The smallest absolute Gasteiger partial charge is 0.182 e. The van der Waals surface area contributed by atoms with Crippen molar-refractivity contribution in [2.24, 2.45) is 0 Å². The minimum Gasteiger partial charge on any atom is -0.393 e. The molecule has 0 aliphatic carbocycles. The van der Waals surface area contributed by atoms with Crippen LogP contribution in [0.15, 0.2) is 12.5 Å². The highest BCUT2D eigenvalue weighted by atomic mass is 16.7. The fourth-order valence-corrected chi connectivity index (χ4v) is 2.79. The fraction of sp³-hybridized carbons (Fsp3) is 0.545. The van der Waals surface area contributed by atoms with Crippen LogP contribution in [-0.4, -0.2) is 61.0 Å². The molecule has 106 valence electrons. The predicted octanol–water partition coefficient (Wildman–Crippen LogP) is -1.57. The maximum atomic E-state index is 10.2. The largest absolute Gasteiger partial charge is 0.393 e. The maximum Gasteiger partial charge on any atom is 0.182 e. The molecule has 2 aliphatic rings. The van der Waals surface area contributed by atoms with Crippen molar-refractivity contribution < 1.29 is 19.7 Å². The second-order valence-electron chi connectivity index (χ2n) is 5.04. The molecule has 0 radical (unpaired) electrons. The van der Waals surface area contributed by atoms with Gasteiger partial charge in [0.25, 0.3) is 0 Å². The van der Waals surface area contributed by atoms with Crippen LogP contribution in [0, 0.1) is 0 Å². The van der Waals surface area contributed by atoms with E-state index >= 15 is 0 Å². The Morgan fingerprint density at radius 2 is 2.35 bits per heavy atom. The minimum atomic E-state index is -1.09. The minimum absolute atomic E-state index is 0.155. The Kier molecular flexibility index (Phi) is 2.31. The first-order valence-corrected chi connectivity index (χ1v) is 6.18. The predicted molar refractivity (Wildman–Crippen MR) is 65.4 cm³/mol. The summed E-state index contributed by atoms with van der Waals surface area (Å²) in [6, 6.07) is 0. The van der Waals surface area contributed by atoms with E-state index in [1.54, 1.807) is 0 Å². The number of nitrogen functional groups attached to an aromatic ring is 1. The third kappa shape index (κ3) is 1.32. The summed E-state index contributed by atoms with van der Waals surface area (Å²) < 4.78 is 12.8. The molecule has 4 heterocycles. The number of aliphatic hydroxyl groups excluding tert-OH is 2. The van der Waals surface area contributed by atoms with Crippen LogP contribution in [0.5, 0.6) is 0 Å². The highest BCUT2D eigenvalue weighted by molar-refractivity contribution is 5.84. The Hall–Kier alpha value is -1.81. The molecule has 9 nitrogen and oxygen atoms in total. The highest BCUT2D eigenvalue weighted by Gasteiger charge is 2.62. The zero-order valence-electron chi connectivity index (χ0n) is 10.4. The average Bonchev–Trinajstić information content (AvgIpc) is 3.10. The van der Waals surface area contributed by atoms with Crippen molar-refractivity contribution in [1.82, 2.24) is 19.7 Å². The lowest BCUT2D eigenvalue weighted by Crippen LogP contribution is -2.44. The van der Waals surface area contributed by atoms with Crippen LogP contribution in [0.2, 0.25) is 0 Å². The van der Waals surface area contributed by atoms with Crippen molar-refractivity contribution in [3.63, 3.8) is 0 Å². The van der Waals surface area contributed by atoms with E-state index in [4.69, 9.17) is 15.2 Å². The standard InChI is InChI=1S/C11H13N5O4/c12-8-5-1-15-16(9(5)14-4-13-8)10-6-7(18)11(2-17,20-10)3-19-6/h1,4,6-7,10,17-18H,2-3H2,(H2,12,13,14)/t6?,7?,10-,11+/m1/s1. The number of anilines is 1. The van der Waals surface area contributed by atoms with Gasteiger partial charge in [-0.05, 0) is 0 Å². The molecule has 0 saturated carbocycles. The molecule has 2 aromatic rings. The molecule has 0 amide bonds. The summed E-state index contributed by atoms with van der Waals surface area (Å²) >= 11 is 0. The van der Waals surface area contributed by atoms with Crippen molar-refractivity contribution >= 4 is 16.9 Å². The molecule has 2 aromatic heterocycles. The summed E-state index contributed by atoms with van der Waals surface area (Å²) in [6.45, 7) is -0.167. The van der Waals surface area contributed by atoms with Gasteiger partial charge in [0, 0.05) is 0 Å². The number of aliphatic hydroxyl groups is 2. The molecule has 4 atom stereocenters. The Bertz CT molecular complexity index is 676. The lowest BCUT2D eigenvalue weighted by molar-refractivity contribution is -0.188. The van der Waals surface area contributed by atoms with Gasteiger partial charge in [0.15, 0.2) is 11.9 Å². The van der Waals surface area contributed by atoms with Crippen LogP contribution in [0.3, 0.4) is 0 Å². The third-order valence-corrected chi connectivity index (χ3v) is 3.94. The molecule has 20 heavy (non-hydrogen) atoms. The molecular weight excluding hydrogens is 266 g/mol. The summed E-state index contributed by atoms with van der Waals surface area (Å²) in [4.78, 5) is 8.03. The van der Waals surface area contributed by atoms with E-state index < -0.39 is 24.0 Å². The second-order valence-corrected chi connectivity index (χ2v) is 5.04. The number of ether oxygens (including phenoxy) is 2. The van der Waals surface area contributed by atoms with Crippen LogP contribution >= 0.6 is 0 Å². The zero-order chi connectivity index (χ0) is 13.9. The van der Waals surface area contributed by atoms with Crippen molar-refractivity contribution in [3.05, 3.63) is 12.5 Å². The number of aromatic nitrogens is 4.